The van der Waals surface area contributed by atoms with Crippen molar-refractivity contribution in [3.8, 4) is 0 Å². The van der Waals surface area contributed by atoms with Crippen molar-refractivity contribution in [2.75, 3.05) is 26.2 Å². The zero-order valence-electron chi connectivity index (χ0n) is 14.0. The van der Waals surface area contributed by atoms with Gasteiger partial charge in [-0.3, -0.25) is 9.69 Å². The molecule has 2 atom stereocenters. The van der Waals surface area contributed by atoms with Crippen LogP contribution in [0.3, 0.4) is 0 Å². The summed E-state index contributed by atoms with van der Waals surface area (Å²) >= 11 is 0. The smallest absolute Gasteiger partial charge is 0.239 e. The lowest BCUT2D eigenvalue weighted by molar-refractivity contribution is -0.132. The first-order valence-electron chi connectivity index (χ1n) is 9.52. The summed E-state index contributed by atoms with van der Waals surface area (Å²) in [6, 6.07) is 0.328. The Morgan fingerprint density at radius 2 is 1.64 bits per heavy atom. The molecule has 0 aromatic heterocycles. The Balaban J connectivity index is 1.45. The van der Waals surface area contributed by atoms with Crippen molar-refractivity contribution in [3.05, 3.63) is 0 Å². The van der Waals surface area contributed by atoms with E-state index < -0.39 is 0 Å². The number of carbonyl (C=O) groups excluding carboxylic acids is 1. The number of nitrogens with two attached hydrogens (primary N) is 1. The Hall–Kier alpha value is -0.610. The third-order valence-electron chi connectivity index (χ3n) is 6.01. The molecule has 0 bridgehead atoms. The lowest BCUT2D eigenvalue weighted by atomic mass is 9.85. The number of hydrogen-bond donors (Lipinski definition) is 1. The van der Waals surface area contributed by atoms with E-state index in [0.29, 0.717) is 12.0 Å². The molecule has 1 aliphatic carbocycles. The summed E-state index contributed by atoms with van der Waals surface area (Å²) in [5, 5.41) is 0. The van der Waals surface area contributed by atoms with E-state index in [1.807, 2.05) is 4.90 Å². The summed E-state index contributed by atoms with van der Waals surface area (Å²) in [5.41, 5.74) is 6.25. The van der Waals surface area contributed by atoms with Gasteiger partial charge in [-0.1, -0.05) is 38.5 Å². The quantitative estimate of drug-likeness (QED) is 0.867. The summed E-state index contributed by atoms with van der Waals surface area (Å²) in [7, 11) is 0. The standard InChI is InChI=1S/C18H33N3O/c19-17(13-15-7-3-1-4-8-15)18(22)21-12-9-16(14-21)20-10-5-2-6-11-20/h15-17H,1-14,19H2. The first-order chi connectivity index (χ1) is 10.7. The average molecular weight is 307 g/mol. The number of piperidine rings is 1. The van der Waals surface area contributed by atoms with Gasteiger partial charge in [0.1, 0.15) is 0 Å². The normalized spacial score (nSPS) is 29.7. The Bertz CT molecular complexity index is 361. The summed E-state index contributed by atoms with van der Waals surface area (Å²) in [4.78, 5) is 17.3. The van der Waals surface area contributed by atoms with Crippen molar-refractivity contribution in [2.45, 2.75) is 76.3 Å². The monoisotopic (exact) mass is 307 g/mol. The molecule has 0 radical (unpaired) electrons. The molecule has 2 saturated heterocycles. The van der Waals surface area contributed by atoms with Crippen LogP contribution in [0.2, 0.25) is 0 Å². The van der Waals surface area contributed by atoms with Gasteiger partial charge >= 0.3 is 0 Å². The molecule has 22 heavy (non-hydrogen) atoms. The van der Waals surface area contributed by atoms with Crippen molar-refractivity contribution < 1.29 is 4.79 Å². The summed E-state index contributed by atoms with van der Waals surface area (Å²) in [5.74, 6) is 0.901. The van der Waals surface area contributed by atoms with E-state index in [0.717, 1.165) is 25.9 Å². The summed E-state index contributed by atoms with van der Waals surface area (Å²) < 4.78 is 0. The minimum absolute atomic E-state index is 0.213. The molecule has 4 heteroatoms. The lowest BCUT2D eigenvalue weighted by Gasteiger charge is -2.32. The predicted molar refractivity (Wildman–Crippen MR) is 89.6 cm³/mol. The van der Waals surface area contributed by atoms with E-state index in [2.05, 4.69) is 4.90 Å². The van der Waals surface area contributed by atoms with Crippen LogP contribution in [-0.4, -0.2) is 54.0 Å². The second-order valence-corrected chi connectivity index (χ2v) is 7.67. The zero-order chi connectivity index (χ0) is 15.4. The molecule has 3 rings (SSSR count). The molecule has 2 N–H and O–H groups in total. The molecule has 0 aromatic rings. The molecule has 1 amide bonds. The van der Waals surface area contributed by atoms with Gasteiger partial charge in [-0.15, -0.1) is 0 Å². The first-order valence-corrected chi connectivity index (χ1v) is 9.52. The van der Waals surface area contributed by atoms with Gasteiger partial charge < -0.3 is 10.6 Å². The highest BCUT2D eigenvalue weighted by molar-refractivity contribution is 5.82. The van der Waals surface area contributed by atoms with Gasteiger partial charge in [0, 0.05) is 19.1 Å². The summed E-state index contributed by atoms with van der Waals surface area (Å²) in [6.07, 6.45) is 12.6. The lowest BCUT2D eigenvalue weighted by Crippen LogP contribution is -2.46. The van der Waals surface area contributed by atoms with E-state index in [1.54, 1.807) is 0 Å². The Labute approximate surface area is 135 Å². The molecule has 0 spiro atoms. The third kappa shape index (κ3) is 4.02. The number of amides is 1. The molecule has 2 unspecified atom stereocenters. The summed E-state index contributed by atoms with van der Waals surface area (Å²) in [6.45, 7) is 4.28. The molecule has 126 valence electrons. The maximum Gasteiger partial charge on any atom is 0.239 e. The Morgan fingerprint density at radius 3 is 2.36 bits per heavy atom. The Morgan fingerprint density at radius 1 is 0.955 bits per heavy atom. The largest absolute Gasteiger partial charge is 0.340 e. The SMILES string of the molecule is NC(CC1CCCCC1)C(=O)N1CCC(N2CCCCC2)C1. The van der Waals surface area contributed by atoms with Crippen molar-refractivity contribution in [1.29, 1.82) is 0 Å². The van der Waals surface area contributed by atoms with Gasteiger partial charge in [0.2, 0.25) is 5.91 Å². The minimum atomic E-state index is -0.261. The molecule has 3 aliphatic rings. The average Bonchev–Trinajstić information content (AvgIpc) is 3.06. The van der Waals surface area contributed by atoms with Crippen LogP contribution in [0.4, 0.5) is 0 Å². The number of carbonyl (C=O) groups is 1. The van der Waals surface area contributed by atoms with Gasteiger partial charge in [-0.2, -0.15) is 0 Å². The molecular formula is C18H33N3O. The van der Waals surface area contributed by atoms with Crippen LogP contribution in [-0.2, 0) is 4.79 Å². The second-order valence-electron chi connectivity index (χ2n) is 7.67. The Kier molecular flexibility index (Phi) is 5.75. The van der Waals surface area contributed by atoms with E-state index in [-0.39, 0.29) is 11.9 Å². The second kappa shape index (κ2) is 7.78. The van der Waals surface area contributed by atoms with E-state index in [4.69, 9.17) is 5.73 Å². The fraction of sp³-hybridized carbons (Fsp3) is 0.944. The van der Waals surface area contributed by atoms with Crippen LogP contribution in [0.1, 0.15) is 64.2 Å². The van der Waals surface area contributed by atoms with Crippen LogP contribution in [0, 0.1) is 5.92 Å². The van der Waals surface area contributed by atoms with E-state index >= 15 is 0 Å². The van der Waals surface area contributed by atoms with E-state index in [1.165, 1.54) is 64.5 Å². The van der Waals surface area contributed by atoms with Gasteiger partial charge in [-0.25, -0.2) is 0 Å². The molecule has 2 heterocycles. The molecule has 4 nitrogen and oxygen atoms in total. The predicted octanol–water partition coefficient (Wildman–Crippen LogP) is 2.37. The topological polar surface area (TPSA) is 49.6 Å². The first kappa shape index (κ1) is 16.3. The van der Waals surface area contributed by atoms with Crippen molar-refractivity contribution in [1.82, 2.24) is 9.80 Å². The van der Waals surface area contributed by atoms with Gasteiger partial charge in [0.25, 0.3) is 0 Å². The number of nitrogens with zero attached hydrogens (tertiary/aromatic N) is 2. The van der Waals surface area contributed by atoms with Crippen LogP contribution in [0.5, 0.6) is 0 Å². The number of likely N-dealkylation sites (tertiary alicyclic amines) is 2. The van der Waals surface area contributed by atoms with Crippen molar-refractivity contribution >= 4 is 5.91 Å². The maximum absolute atomic E-state index is 12.6. The molecule has 3 fully saturated rings. The van der Waals surface area contributed by atoms with Crippen molar-refractivity contribution in [3.63, 3.8) is 0 Å². The molecule has 1 saturated carbocycles. The minimum Gasteiger partial charge on any atom is -0.340 e. The number of rotatable bonds is 4. The molecular weight excluding hydrogens is 274 g/mol. The highest BCUT2D eigenvalue weighted by Crippen LogP contribution is 2.28. The number of hydrogen-bond acceptors (Lipinski definition) is 3. The van der Waals surface area contributed by atoms with Gasteiger partial charge in [-0.05, 0) is 44.7 Å². The van der Waals surface area contributed by atoms with Crippen LogP contribution in [0.25, 0.3) is 0 Å². The zero-order valence-corrected chi connectivity index (χ0v) is 14.0. The van der Waals surface area contributed by atoms with Crippen LogP contribution >= 0.6 is 0 Å². The van der Waals surface area contributed by atoms with Crippen LogP contribution in [0.15, 0.2) is 0 Å². The third-order valence-corrected chi connectivity index (χ3v) is 6.01. The fourth-order valence-corrected chi connectivity index (χ4v) is 4.64. The fourth-order valence-electron chi connectivity index (χ4n) is 4.64. The highest BCUT2D eigenvalue weighted by atomic mass is 16.2. The van der Waals surface area contributed by atoms with Gasteiger partial charge in [0.05, 0.1) is 6.04 Å². The molecule has 0 aromatic carbocycles. The van der Waals surface area contributed by atoms with Crippen molar-refractivity contribution in [2.24, 2.45) is 11.7 Å². The highest BCUT2D eigenvalue weighted by Gasteiger charge is 2.33. The van der Waals surface area contributed by atoms with Gasteiger partial charge in [0.15, 0.2) is 0 Å². The van der Waals surface area contributed by atoms with E-state index in [9.17, 15) is 4.79 Å². The maximum atomic E-state index is 12.6. The van der Waals surface area contributed by atoms with Crippen LogP contribution < -0.4 is 5.73 Å². The molecule has 2 aliphatic heterocycles.